The van der Waals surface area contributed by atoms with Crippen LogP contribution >= 0.6 is 0 Å². The second kappa shape index (κ2) is 7.80. The number of carboxylic acid groups (broad SMARTS) is 1. The first kappa shape index (κ1) is 21.6. The van der Waals surface area contributed by atoms with Crippen LogP contribution in [0.3, 0.4) is 0 Å². The molecule has 5 heteroatoms. The highest BCUT2D eigenvalue weighted by Crippen LogP contribution is 2.66. The van der Waals surface area contributed by atoms with E-state index in [1.54, 1.807) is 6.92 Å². The van der Waals surface area contributed by atoms with Crippen molar-refractivity contribution in [1.29, 1.82) is 0 Å². The number of rotatable bonds is 5. The normalized spacial score (nSPS) is 42.4. The van der Waals surface area contributed by atoms with Gasteiger partial charge in [-0.05, 0) is 98.4 Å². The van der Waals surface area contributed by atoms with Crippen molar-refractivity contribution in [1.82, 2.24) is 0 Å². The summed E-state index contributed by atoms with van der Waals surface area (Å²) in [5, 5.41) is 8.77. The Morgan fingerprint density at radius 2 is 1.83 bits per heavy atom. The molecule has 3 saturated carbocycles. The molecule has 166 valence electrons. The molecule has 4 aliphatic rings. The van der Waals surface area contributed by atoms with Crippen LogP contribution in [0.15, 0.2) is 11.6 Å². The van der Waals surface area contributed by atoms with Gasteiger partial charge >= 0.3 is 11.9 Å². The number of esters is 1. The maximum Gasteiger partial charge on any atom is 0.306 e. The summed E-state index contributed by atoms with van der Waals surface area (Å²) >= 11 is 0. The van der Waals surface area contributed by atoms with E-state index in [-0.39, 0.29) is 41.5 Å². The predicted octanol–water partition coefficient (Wildman–Crippen LogP) is 4.93. The zero-order valence-corrected chi connectivity index (χ0v) is 18.6. The number of ketones is 1. The van der Waals surface area contributed by atoms with E-state index in [1.165, 1.54) is 19.3 Å². The molecule has 0 radical (unpaired) electrons. The highest BCUT2D eigenvalue weighted by molar-refractivity contribution is 5.95. The van der Waals surface area contributed by atoms with Gasteiger partial charge in [-0.3, -0.25) is 14.4 Å². The lowest BCUT2D eigenvalue weighted by molar-refractivity contribution is -0.162. The van der Waals surface area contributed by atoms with Crippen molar-refractivity contribution in [3.63, 3.8) is 0 Å². The van der Waals surface area contributed by atoms with Gasteiger partial charge in [0.15, 0.2) is 5.78 Å². The van der Waals surface area contributed by atoms with E-state index < -0.39 is 5.97 Å². The predicted molar refractivity (Wildman–Crippen MR) is 113 cm³/mol. The summed E-state index contributed by atoms with van der Waals surface area (Å²) < 4.78 is 5.65. The van der Waals surface area contributed by atoms with E-state index in [9.17, 15) is 14.4 Å². The highest BCUT2D eigenvalue weighted by atomic mass is 16.5. The number of hydrogen-bond donors (Lipinski definition) is 1. The minimum Gasteiger partial charge on any atom is -0.481 e. The average Bonchev–Trinajstić information content (AvgIpc) is 3.04. The molecule has 0 aromatic heterocycles. The van der Waals surface area contributed by atoms with Crippen LogP contribution in [0.25, 0.3) is 0 Å². The van der Waals surface area contributed by atoms with Crippen molar-refractivity contribution in [2.75, 3.05) is 0 Å². The monoisotopic (exact) mass is 416 g/mol. The quantitative estimate of drug-likeness (QED) is 0.643. The van der Waals surface area contributed by atoms with Crippen LogP contribution in [-0.2, 0) is 19.1 Å². The largest absolute Gasteiger partial charge is 0.481 e. The molecular weight excluding hydrogens is 380 g/mol. The van der Waals surface area contributed by atoms with Crippen LogP contribution in [0.4, 0.5) is 0 Å². The van der Waals surface area contributed by atoms with Crippen molar-refractivity contribution in [3.05, 3.63) is 11.6 Å². The van der Waals surface area contributed by atoms with Crippen LogP contribution in [0, 0.1) is 34.5 Å². The number of ether oxygens (including phenoxy) is 1. The number of carbonyl (C=O) groups is 3. The fourth-order valence-corrected chi connectivity index (χ4v) is 7.89. The smallest absolute Gasteiger partial charge is 0.306 e. The molecule has 30 heavy (non-hydrogen) atoms. The molecule has 7 atom stereocenters. The molecule has 0 heterocycles. The highest BCUT2D eigenvalue weighted by Gasteiger charge is 2.59. The molecular formula is C25H36O5. The topological polar surface area (TPSA) is 80.7 Å². The van der Waals surface area contributed by atoms with Crippen molar-refractivity contribution in [2.24, 2.45) is 34.5 Å². The molecule has 0 unspecified atom stereocenters. The van der Waals surface area contributed by atoms with Crippen molar-refractivity contribution in [3.8, 4) is 0 Å². The van der Waals surface area contributed by atoms with Gasteiger partial charge in [-0.15, -0.1) is 0 Å². The van der Waals surface area contributed by atoms with E-state index in [4.69, 9.17) is 9.84 Å². The maximum atomic E-state index is 12.2. The number of Topliss-reactive ketones (excluding diaryl/α,β-unsaturated/α-hetero) is 1. The third kappa shape index (κ3) is 3.52. The molecule has 0 aromatic rings. The first-order valence-electron chi connectivity index (χ1n) is 11.8. The molecule has 0 spiro atoms. The second-order valence-electron chi connectivity index (χ2n) is 10.8. The Morgan fingerprint density at radius 3 is 2.53 bits per heavy atom. The minimum atomic E-state index is -0.958. The van der Waals surface area contributed by atoms with E-state index >= 15 is 0 Å². The first-order chi connectivity index (χ1) is 14.1. The average molecular weight is 417 g/mol. The number of hydrogen-bond acceptors (Lipinski definition) is 4. The Morgan fingerprint density at radius 1 is 1.07 bits per heavy atom. The summed E-state index contributed by atoms with van der Waals surface area (Å²) in [4.78, 5) is 34.9. The standard InChI is InChI=1S/C25H36O5/c1-15(26)19-6-7-20-18-5-4-16-14-17(30-23(29)9-8-22(27)28)10-12-24(16,2)21(18)11-13-25(19,20)3/h6,16-18,20-21H,4-5,7-14H2,1-3H3,(H,27,28)/t16-,17-,18-,20+,21+,24-,25+/m0/s1. The molecule has 0 bridgehead atoms. The molecule has 0 saturated heterocycles. The molecule has 0 aromatic carbocycles. The number of fused-ring (bicyclic) bond motifs is 5. The Labute approximate surface area is 179 Å². The summed E-state index contributed by atoms with van der Waals surface area (Å²) in [6.45, 7) is 6.52. The van der Waals surface area contributed by atoms with Gasteiger partial charge in [0, 0.05) is 0 Å². The SMILES string of the molecule is CC(=O)C1=CC[C@@H]2[C@@H]3CC[C@H]4C[C@@H](OC(=O)CCC(=O)O)CC[C@]4(C)[C@@H]3CC[C@]12C. The van der Waals surface area contributed by atoms with Crippen LogP contribution < -0.4 is 0 Å². The Balaban J connectivity index is 1.42. The lowest BCUT2D eigenvalue weighted by Gasteiger charge is -2.60. The molecule has 3 fully saturated rings. The van der Waals surface area contributed by atoms with Crippen molar-refractivity contribution < 1.29 is 24.2 Å². The van der Waals surface area contributed by atoms with Gasteiger partial charge in [0.05, 0.1) is 12.8 Å². The summed E-state index contributed by atoms with van der Waals surface area (Å²) in [6, 6.07) is 0. The summed E-state index contributed by atoms with van der Waals surface area (Å²) in [5.41, 5.74) is 1.43. The lowest BCUT2D eigenvalue weighted by atomic mass is 9.44. The van der Waals surface area contributed by atoms with E-state index in [0.29, 0.717) is 23.7 Å². The third-order valence-electron chi connectivity index (χ3n) is 9.42. The summed E-state index contributed by atoms with van der Waals surface area (Å²) in [6.07, 6.45) is 10.6. The van der Waals surface area contributed by atoms with Gasteiger partial charge in [-0.25, -0.2) is 0 Å². The van der Waals surface area contributed by atoms with Crippen molar-refractivity contribution >= 4 is 17.7 Å². The van der Waals surface area contributed by atoms with Gasteiger partial charge in [-0.2, -0.15) is 0 Å². The molecule has 4 rings (SSSR count). The number of carbonyl (C=O) groups excluding carboxylic acids is 2. The number of carboxylic acids is 1. The van der Waals surface area contributed by atoms with Gasteiger partial charge in [0.2, 0.25) is 0 Å². The minimum absolute atomic E-state index is 0.0375. The van der Waals surface area contributed by atoms with Crippen LogP contribution in [0.5, 0.6) is 0 Å². The third-order valence-corrected chi connectivity index (χ3v) is 9.42. The number of aliphatic carboxylic acids is 1. The molecule has 5 nitrogen and oxygen atoms in total. The van der Waals surface area contributed by atoms with Gasteiger partial charge in [0.25, 0.3) is 0 Å². The Hall–Kier alpha value is -1.65. The molecule has 4 aliphatic carbocycles. The molecule has 0 aliphatic heterocycles. The summed E-state index contributed by atoms with van der Waals surface area (Å²) in [7, 11) is 0. The Kier molecular flexibility index (Phi) is 5.61. The lowest BCUT2D eigenvalue weighted by Crippen LogP contribution is -2.54. The fourth-order valence-electron chi connectivity index (χ4n) is 7.89. The number of allylic oxidation sites excluding steroid dienone is 2. The van der Waals surface area contributed by atoms with Crippen LogP contribution in [0.1, 0.15) is 85.0 Å². The van der Waals surface area contributed by atoms with Gasteiger partial charge < -0.3 is 9.84 Å². The van der Waals surface area contributed by atoms with Crippen LogP contribution in [-0.4, -0.2) is 28.9 Å². The van der Waals surface area contributed by atoms with E-state index in [2.05, 4.69) is 19.9 Å². The van der Waals surface area contributed by atoms with Crippen LogP contribution in [0.2, 0.25) is 0 Å². The second-order valence-corrected chi connectivity index (χ2v) is 10.8. The zero-order chi connectivity index (χ0) is 21.7. The van der Waals surface area contributed by atoms with Gasteiger partial charge in [0.1, 0.15) is 6.10 Å². The molecule has 0 amide bonds. The van der Waals surface area contributed by atoms with Crippen molar-refractivity contribution in [2.45, 2.75) is 91.1 Å². The fraction of sp³-hybridized carbons (Fsp3) is 0.800. The van der Waals surface area contributed by atoms with Gasteiger partial charge in [-0.1, -0.05) is 19.9 Å². The maximum absolute atomic E-state index is 12.2. The summed E-state index contributed by atoms with van der Waals surface area (Å²) in [5.74, 6) is 1.46. The zero-order valence-electron chi connectivity index (χ0n) is 18.6. The molecule has 1 N–H and O–H groups in total. The Bertz CT molecular complexity index is 770. The van der Waals surface area contributed by atoms with E-state index in [1.807, 2.05) is 0 Å². The van der Waals surface area contributed by atoms with E-state index in [0.717, 1.165) is 37.7 Å². The first-order valence-corrected chi connectivity index (χ1v) is 11.8.